The molecule has 1 aromatic carbocycles. The minimum Gasteiger partial charge on any atom is -0.472 e. The molecule has 0 saturated carbocycles. The van der Waals surface area contributed by atoms with Crippen LogP contribution in [0.25, 0.3) is 0 Å². The van der Waals surface area contributed by atoms with Gasteiger partial charge in [-0.25, -0.2) is 0 Å². The molecule has 7 nitrogen and oxygen atoms in total. The van der Waals surface area contributed by atoms with E-state index in [2.05, 4.69) is 5.32 Å². The van der Waals surface area contributed by atoms with Crippen LogP contribution in [-0.4, -0.2) is 53.2 Å². The van der Waals surface area contributed by atoms with Gasteiger partial charge in [-0.3, -0.25) is 14.4 Å². The van der Waals surface area contributed by atoms with E-state index in [0.29, 0.717) is 44.5 Å². The highest BCUT2D eigenvalue weighted by molar-refractivity contribution is 5.94. The van der Waals surface area contributed by atoms with Crippen molar-refractivity contribution in [1.29, 1.82) is 0 Å². The zero-order valence-electron chi connectivity index (χ0n) is 17.0. The number of hydrogen-bond acceptors (Lipinski definition) is 4. The van der Waals surface area contributed by atoms with Crippen LogP contribution in [0.2, 0.25) is 0 Å². The second-order valence-electron chi connectivity index (χ2n) is 7.94. The minimum atomic E-state index is -0.607. The molecule has 30 heavy (non-hydrogen) atoms. The Kier molecular flexibility index (Phi) is 6.16. The zero-order valence-corrected chi connectivity index (χ0v) is 17.0. The Labute approximate surface area is 176 Å². The molecule has 0 radical (unpaired) electrons. The van der Waals surface area contributed by atoms with Gasteiger partial charge in [0.2, 0.25) is 11.8 Å². The summed E-state index contributed by atoms with van der Waals surface area (Å²) in [5, 5.41) is 3.14. The second kappa shape index (κ2) is 9.15. The van der Waals surface area contributed by atoms with Gasteiger partial charge in [0, 0.05) is 32.1 Å². The van der Waals surface area contributed by atoms with E-state index < -0.39 is 6.04 Å². The number of carbonyl (C=O) groups excluding carboxylic acids is 3. The smallest absolute Gasteiger partial charge is 0.257 e. The SMILES string of the molecule is O=C(NC1CCN(C(=O)c2ccoc2)CC1)C(c1ccccc1)N1CCCCC1=O. The lowest BCUT2D eigenvalue weighted by Crippen LogP contribution is -2.51. The first-order valence-electron chi connectivity index (χ1n) is 10.6. The largest absolute Gasteiger partial charge is 0.472 e. The lowest BCUT2D eigenvalue weighted by atomic mass is 9.98. The summed E-state index contributed by atoms with van der Waals surface area (Å²) in [4.78, 5) is 41.8. The third-order valence-corrected chi connectivity index (χ3v) is 5.93. The van der Waals surface area contributed by atoms with Gasteiger partial charge in [-0.05, 0) is 37.3 Å². The van der Waals surface area contributed by atoms with Gasteiger partial charge < -0.3 is 19.5 Å². The Morgan fingerprint density at radius 1 is 1.03 bits per heavy atom. The molecule has 0 bridgehead atoms. The predicted molar refractivity (Wildman–Crippen MR) is 111 cm³/mol. The molecule has 1 atom stereocenters. The Balaban J connectivity index is 1.41. The summed E-state index contributed by atoms with van der Waals surface area (Å²) in [6.45, 7) is 1.75. The minimum absolute atomic E-state index is 0.0167. The molecular weight excluding hydrogens is 382 g/mol. The average Bonchev–Trinajstić information content (AvgIpc) is 3.31. The number of furan rings is 1. The Hall–Kier alpha value is -3.09. The van der Waals surface area contributed by atoms with Gasteiger partial charge in [-0.2, -0.15) is 0 Å². The molecule has 158 valence electrons. The molecule has 2 aliphatic rings. The van der Waals surface area contributed by atoms with Crippen molar-refractivity contribution in [3.8, 4) is 0 Å². The van der Waals surface area contributed by atoms with Crippen LogP contribution in [0.4, 0.5) is 0 Å². The van der Waals surface area contributed by atoms with Crippen LogP contribution in [0, 0.1) is 0 Å². The van der Waals surface area contributed by atoms with Crippen LogP contribution in [0.1, 0.15) is 54.1 Å². The monoisotopic (exact) mass is 409 g/mol. The summed E-state index contributed by atoms with van der Waals surface area (Å²) in [5.41, 5.74) is 1.38. The molecule has 2 aliphatic heterocycles. The fourth-order valence-corrected chi connectivity index (χ4v) is 4.28. The molecule has 1 N–H and O–H groups in total. The van der Waals surface area contributed by atoms with Crippen LogP contribution in [-0.2, 0) is 9.59 Å². The van der Waals surface area contributed by atoms with E-state index in [4.69, 9.17) is 4.42 Å². The van der Waals surface area contributed by atoms with Crippen molar-refractivity contribution >= 4 is 17.7 Å². The predicted octanol–water partition coefficient (Wildman–Crippen LogP) is 2.75. The molecule has 3 amide bonds. The van der Waals surface area contributed by atoms with E-state index in [-0.39, 0.29) is 23.8 Å². The van der Waals surface area contributed by atoms with Crippen LogP contribution in [0.15, 0.2) is 53.3 Å². The van der Waals surface area contributed by atoms with E-state index in [1.165, 1.54) is 12.5 Å². The summed E-state index contributed by atoms with van der Waals surface area (Å²) in [7, 11) is 0. The topological polar surface area (TPSA) is 82.9 Å². The summed E-state index contributed by atoms with van der Waals surface area (Å²) in [5.74, 6) is -0.156. The molecule has 1 unspecified atom stereocenters. The van der Waals surface area contributed by atoms with E-state index in [0.717, 1.165) is 18.4 Å². The highest BCUT2D eigenvalue weighted by atomic mass is 16.3. The number of piperidine rings is 2. The molecule has 4 rings (SSSR count). The number of hydrogen-bond donors (Lipinski definition) is 1. The fourth-order valence-electron chi connectivity index (χ4n) is 4.28. The third kappa shape index (κ3) is 4.40. The van der Waals surface area contributed by atoms with Crippen molar-refractivity contribution in [2.75, 3.05) is 19.6 Å². The van der Waals surface area contributed by atoms with Gasteiger partial charge >= 0.3 is 0 Å². The summed E-state index contributed by atoms with van der Waals surface area (Å²) in [6.07, 6.45) is 6.60. The number of nitrogens with zero attached hydrogens (tertiary/aromatic N) is 2. The van der Waals surface area contributed by atoms with Crippen molar-refractivity contribution in [2.45, 2.75) is 44.2 Å². The maximum Gasteiger partial charge on any atom is 0.257 e. The number of likely N-dealkylation sites (tertiary alicyclic amines) is 2. The van der Waals surface area contributed by atoms with Gasteiger partial charge in [0.05, 0.1) is 11.8 Å². The Morgan fingerprint density at radius 2 is 1.80 bits per heavy atom. The van der Waals surface area contributed by atoms with Gasteiger partial charge in [-0.1, -0.05) is 30.3 Å². The molecule has 2 saturated heterocycles. The lowest BCUT2D eigenvalue weighted by Gasteiger charge is -2.36. The normalized spacial score (nSPS) is 18.9. The summed E-state index contributed by atoms with van der Waals surface area (Å²) in [6, 6.07) is 10.5. The van der Waals surface area contributed by atoms with E-state index in [1.807, 2.05) is 30.3 Å². The molecule has 0 aliphatic carbocycles. The molecule has 3 heterocycles. The van der Waals surface area contributed by atoms with Gasteiger partial charge in [0.15, 0.2) is 0 Å². The third-order valence-electron chi connectivity index (χ3n) is 5.93. The molecular formula is C23H27N3O4. The molecule has 2 aromatic rings. The van der Waals surface area contributed by atoms with Gasteiger partial charge in [0.1, 0.15) is 12.3 Å². The number of nitrogens with one attached hydrogen (secondary N) is 1. The second-order valence-corrected chi connectivity index (χ2v) is 7.94. The van der Waals surface area contributed by atoms with E-state index in [9.17, 15) is 14.4 Å². The van der Waals surface area contributed by atoms with E-state index in [1.54, 1.807) is 15.9 Å². The number of amides is 3. The average molecular weight is 409 g/mol. The quantitative estimate of drug-likeness (QED) is 0.823. The Morgan fingerprint density at radius 3 is 2.47 bits per heavy atom. The van der Waals surface area contributed by atoms with Crippen molar-refractivity contribution < 1.29 is 18.8 Å². The van der Waals surface area contributed by atoms with Gasteiger partial charge in [0.25, 0.3) is 5.91 Å². The molecule has 0 spiro atoms. The highest BCUT2D eigenvalue weighted by Gasteiger charge is 2.34. The van der Waals surface area contributed by atoms with Crippen LogP contribution < -0.4 is 5.32 Å². The number of rotatable bonds is 5. The number of carbonyl (C=O) groups is 3. The summed E-state index contributed by atoms with van der Waals surface area (Å²) < 4.78 is 5.00. The standard InChI is InChI=1S/C23H27N3O4/c27-20-8-4-5-12-26(20)21(17-6-2-1-3-7-17)22(28)24-19-9-13-25(14-10-19)23(29)18-11-15-30-16-18/h1-3,6-7,11,15-16,19,21H,4-5,8-10,12-14H2,(H,24,28). The first kappa shape index (κ1) is 20.2. The first-order valence-corrected chi connectivity index (χ1v) is 10.6. The van der Waals surface area contributed by atoms with Crippen LogP contribution in [0.5, 0.6) is 0 Å². The van der Waals surface area contributed by atoms with Crippen molar-refractivity contribution in [2.24, 2.45) is 0 Å². The van der Waals surface area contributed by atoms with E-state index >= 15 is 0 Å². The van der Waals surface area contributed by atoms with Crippen LogP contribution >= 0.6 is 0 Å². The van der Waals surface area contributed by atoms with Crippen molar-refractivity contribution in [1.82, 2.24) is 15.1 Å². The zero-order chi connectivity index (χ0) is 20.9. The molecule has 1 aromatic heterocycles. The highest BCUT2D eigenvalue weighted by Crippen LogP contribution is 2.26. The Bertz CT molecular complexity index is 873. The first-order chi connectivity index (χ1) is 14.6. The summed E-state index contributed by atoms with van der Waals surface area (Å²) >= 11 is 0. The van der Waals surface area contributed by atoms with Crippen molar-refractivity contribution in [3.63, 3.8) is 0 Å². The number of benzene rings is 1. The van der Waals surface area contributed by atoms with Crippen LogP contribution in [0.3, 0.4) is 0 Å². The molecule has 2 fully saturated rings. The fraction of sp³-hybridized carbons (Fsp3) is 0.435. The maximum absolute atomic E-state index is 13.3. The van der Waals surface area contributed by atoms with Gasteiger partial charge in [-0.15, -0.1) is 0 Å². The molecule has 7 heteroatoms. The maximum atomic E-state index is 13.3. The van der Waals surface area contributed by atoms with Crippen molar-refractivity contribution in [3.05, 3.63) is 60.1 Å². The lowest BCUT2D eigenvalue weighted by molar-refractivity contribution is -0.143.